The van der Waals surface area contributed by atoms with Crippen LogP contribution in [0.25, 0.3) is 0 Å². The number of rotatable bonds is 6. The van der Waals surface area contributed by atoms with Crippen LogP contribution in [0, 0.1) is 38.5 Å². The van der Waals surface area contributed by atoms with Crippen LogP contribution in [0.4, 0.5) is 9.59 Å². The third-order valence-corrected chi connectivity index (χ3v) is 6.94. The molecule has 1 aliphatic carbocycles. The Morgan fingerprint density at radius 1 is 0.886 bits per heavy atom. The standard InChI is InChI=1S/C28H38N2O5/c1-18-10-8-12-23(20(18)3)33-25(31)29-17-28(7)15-22(14-27(5,6)16-28)30-26(32)35-34-24-13-9-11-19(2)21(24)4/h8-13,22H,14-17H2,1-7H3,(H,29,31)(H,30,32). The molecule has 7 nitrogen and oxygen atoms in total. The number of hydrogen-bond acceptors (Lipinski definition) is 5. The summed E-state index contributed by atoms with van der Waals surface area (Å²) >= 11 is 0. The maximum Gasteiger partial charge on any atom is 0.450 e. The van der Waals surface area contributed by atoms with Crippen LogP contribution >= 0.6 is 0 Å². The van der Waals surface area contributed by atoms with Gasteiger partial charge in [-0.2, -0.15) is 0 Å². The lowest BCUT2D eigenvalue weighted by atomic mass is 9.62. The molecule has 3 rings (SSSR count). The van der Waals surface area contributed by atoms with Gasteiger partial charge in [-0.1, -0.05) is 45.0 Å². The fourth-order valence-electron chi connectivity index (χ4n) is 5.21. The molecule has 7 heteroatoms. The first-order valence-corrected chi connectivity index (χ1v) is 12.1. The molecule has 2 amide bonds. The Kier molecular flexibility index (Phi) is 7.98. The summed E-state index contributed by atoms with van der Waals surface area (Å²) in [6.45, 7) is 14.7. The molecule has 0 radical (unpaired) electrons. The minimum atomic E-state index is -0.627. The number of benzene rings is 2. The van der Waals surface area contributed by atoms with Crippen molar-refractivity contribution in [2.45, 2.75) is 73.8 Å². The largest absolute Gasteiger partial charge is 0.450 e. The third kappa shape index (κ3) is 7.13. The van der Waals surface area contributed by atoms with Gasteiger partial charge in [-0.25, -0.2) is 14.5 Å². The van der Waals surface area contributed by atoms with E-state index < -0.39 is 12.2 Å². The van der Waals surface area contributed by atoms with E-state index in [9.17, 15) is 9.59 Å². The maximum absolute atomic E-state index is 12.5. The average Bonchev–Trinajstić information content (AvgIpc) is 2.75. The van der Waals surface area contributed by atoms with Crippen molar-refractivity contribution in [2.24, 2.45) is 10.8 Å². The van der Waals surface area contributed by atoms with Gasteiger partial charge in [0.2, 0.25) is 0 Å². The van der Waals surface area contributed by atoms with Gasteiger partial charge in [-0.05, 0) is 92.2 Å². The smallest absolute Gasteiger partial charge is 0.410 e. The van der Waals surface area contributed by atoms with Crippen LogP contribution in [0.15, 0.2) is 36.4 Å². The normalized spacial score (nSPS) is 21.1. The molecule has 2 unspecified atom stereocenters. The summed E-state index contributed by atoms with van der Waals surface area (Å²) in [6, 6.07) is 11.1. The summed E-state index contributed by atoms with van der Waals surface area (Å²) in [5, 5.41) is 5.87. The molecule has 0 aliphatic heterocycles. The Balaban J connectivity index is 1.56. The van der Waals surface area contributed by atoms with Gasteiger partial charge in [0.05, 0.1) is 0 Å². The molecule has 2 N–H and O–H groups in total. The van der Waals surface area contributed by atoms with E-state index in [1.165, 1.54) is 0 Å². The van der Waals surface area contributed by atoms with Crippen LogP contribution in [0.5, 0.6) is 11.5 Å². The number of ether oxygens (including phenoxy) is 1. The third-order valence-electron chi connectivity index (χ3n) is 6.94. The summed E-state index contributed by atoms with van der Waals surface area (Å²) in [7, 11) is 0. The summed E-state index contributed by atoms with van der Waals surface area (Å²) in [4.78, 5) is 35.3. The van der Waals surface area contributed by atoms with E-state index in [-0.39, 0.29) is 16.9 Å². The fourth-order valence-corrected chi connectivity index (χ4v) is 5.21. The molecule has 0 aromatic heterocycles. The van der Waals surface area contributed by atoms with Crippen LogP contribution < -0.4 is 20.3 Å². The number of amides is 2. The first kappa shape index (κ1) is 26.4. The van der Waals surface area contributed by atoms with Crippen LogP contribution in [0.2, 0.25) is 0 Å². The molecule has 0 saturated heterocycles. The topological polar surface area (TPSA) is 85.9 Å². The second-order valence-electron chi connectivity index (χ2n) is 11.0. The molecule has 0 spiro atoms. The molecular formula is C28H38N2O5. The molecule has 0 bridgehead atoms. The van der Waals surface area contributed by atoms with Crippen LogP contribution in [0.3, 0.4) is 0 Å². The van der Waals surface area contributed by atoms with Gasteiger partial charge in [0, 0.05) is 12.6 Å². The lowest BCUT2D eigenvalue weighted by molar-refractivity contribution is -0.144. The van der Waals surface area contributed by atoms with Gasteiger partial charge >= 0.3 is 12.2 Å². The molecule has 1 aliphatic rings. The second kappa shape index (κ2) is 10.6. The molecule has 2 aromatic carbocycles. The molecule has 190 valence electrons. The fraction of sp³-hybridized carbons (Fsp3) is 0.500. The number of hydrogen-bond donors (Lipinski definition) is 2. The minimum absolute atomic E-state index is 0.0301. The number of aryl methyl sites for hydroxylation is 2. The Bertz CT molecular complexity index is 1080. The summed E-state index contributed by atoms with van der Waals surface area (Å²) < 4.78 is 5.54. The van der Waals surface area contributed by atoms with E-state index in [1.807, 2.05) is 52.0 Å². The molecule has 35 heavy (non-hydrogen) atoms. The Labute approximate surface area is 208 Å². The second-order valence-corrected chi connectivity index (χ2v) is 11.0. The zero-order chi connectivity index (χ0) is 25.8. The quantitative estimate of drug-likeness (QED) is 0.372. The van der Waals surface area contributed by atoms with Crippen molar-refractivity contribution in [2.75, 3.05) is 6.54 Å². The van der Waals surface area contributed by atoms with Gasteiger partial charge in [-0.15, -0.1) is 0 Å². The lowest BCUT2D eigenvalue weighted by Gasteiger charge is -2.46. The first-order valence-electron chi connectivity index (χ1n) is 12.1. The highest BCUT2D eigenvalue weighted by molar-refractivity contribution is 5.71. The molecule has 1 saturated carbocycles. The van der Waals surface area contributed by atoms with Crippen molar-refractivity contribution >= 4 is 12.2 Å². The van der Waals surface area contributed by atoms with Crippen molar-refractivity contribution in [3.8, 4) is 11.5 Å². The van der Waals surface area contributed by atoms with Crippen LogP contribution in [-0.2, 0) is 4.89 Å². The first-order chi connectivity index (χ1) is 16.4. The SMILES string of the molecule is Cc1cccc(OOC(=O)NC2CC(C)(C)CC(C)(CNC(=O)Oc3cccc(C)c3C)C2)c1C. The van der Waals surface area contributed by atoms with Gasteiger partial charge in [0.15, 0.2) is 5.75 Å². The van der Waals surface area contributed by atoms with E-state index in [1.54, 1.807) is 12.1 Å². The predicted octanol–water partition coefficient (Wildman–Crippen LogP) is 6.31. The summed E-state index contributed by atoms with van der Waals surface area (Å²) in [5.41, 5.74) is 3.73. The van der Waals surface area contributed by atoms with Crippen LogP contribution in [-0.4, -0.2) is 24.8 Å². The molecular weight excluding hydrogens is 444 g/mol. The van der Waals surface area contributed by atoms with E-state index in [4.69, 9.17) is 14.5 Å². The van der Waals surface area contributed by atoms with Crippen molar-refractivity contribution in [1.29, 1.82) is 0 Å². The number of nitrogens with one attached hydrogen (secondary N) is 2. The van der Waals surface area contributed by atoms with Crippen molar-refractivity contribution < 1.29 is 24.1 Å². The highest BCUT2D eigenvalue weighted by Crippen LogP contribution is 2.45. The zero-order valence-electron chi connectivity index (χ0n) is 21.9. The highest BCUT2D eigenvalue weighted by atomic mass is 17.2. The van der Waals surface area contributed by atoms with Gasteiger partial charge in [0.25, 0.3) is 0 Å². The number of carbonyl (C=O) groups is 2. The molecule has 1 fully saturated rings. The lowest BCUT2D eigenvalue weighted by Crippen LogP contribution is -2.50. The summed E-state index contributed by atoms with van der Waals surface area (Å²) in [6.07, 6.45) is 1.29. The number of carbonyl (C=O) groups excluding carboxylic acids is 2. The Morgan fingerprint density at radius 2 is 1.49 bits per heavy atom. The molecule has 2 atom stereocenters. The van der Waals surface area contributed by atoms with Crippen LogP contribution in [0.1, 0.15) is 62.3 Å². The summed E-state index contributed by atoms with van der Waals surface area (Å²) in [5.74, 6) is 1.07. The van der Waals surface area contributed by atoms with Crippen molar-refractivity contribution in [1.82, 2.24) is 10.6 Å². The maximum atomic E-state index is 12.5. The van der Waals surface area contributed by atoms with E-state index in [0.717, 1.165) is 35.1 Å². The Morgan fingerprint density at radius 3 is 2.14 bits per heavy atom. The van der Waals surface area contributed by atoms with Gasteiger partial charge in [0.1, 0.15) is 5.75 Å². The monoisotopic (exact) mass is 482 g/mol. The predicted molar refractivity (Wildman–Crippen MR) is 136 cm³/mol. The van der Waals surface area contributed by atoms with Crippen molar-refractivity contribution in [3.05, 3.63) is 58.7 Å². The molecule has 0 heterocycles. The van der Waals surface area contributed by atoms with Gasteiger partial charge < -0.3 is 15.4 Å². The molecule has 2 aromatic rings. The van der Waals surface area contributed by atoms with E-state index in [0.29, 0.717) is 24.5 Å². The van der Waals surface area contributed by atoms with E-state index >= 15 is 0 Å². The van der Waals surface area contributed by atoms with E-state index in [2.05, 4.69) is 31.4 Å². The van der Waals surface area contributed by atoms with Crippen molar-refractivity contribution in [3.63, 3.8) is 0 Å². The minimum Gasteiger partial charge on any atom is -0.410 e. The Hall–Kier alpha value is -3.22. The average molecular weight is 483 g/mol. The zero-order valence-corrected chi connectivity index (χ0v) is 21.9. The van der Waals surface area contributed by atoms with Gasteiger partial charge in [-0.3, -0.25) is 4.89 Å². The highest BCUT2D eigenvalue weighted by Gasteiger charge is 2.42.